The number of amides is 1. The molecular formula is C18H23F2N5O2. The van der Waals surface area contributed by atoms with E-state index in [-0.39, 0.29) is 18.9 Å². The normalized spacial score (nSPS) is 18.1. The summed E-state index contributed by atoms with van der Waals surface area (Å²) in [5, 5.41) is 7.57. The molecule has 1 atom stereocenters. The Bertz CT molecular complexity index is 814. The van der Waals surface area contributed by atoms with Gasteiger partial charge in [-0.1, -0.05) is 0 Å². The quantitative estimate of drug-likeness (QED) is 0.825. The van der Waals surface area contributed by atoms with E-state index < -0.39 is 18.1 Å². The lowest BCUT2D eigenvalue weighted by Crippen LogP contribution is -2.32. The Kier molecular flexibility index (Phi) is 5.29. The number of hydrogen-bond donors (Lipinski definition) is 2. The van der Waals surface area contributed by atoms with Crippen LogP contribution in [0.2, 0.25) is 0 Å². The van der Waals surface area contributed by atoms with Gasteiger partial charge in [-0.05, 0) is 50.5 Å². The lowest BCUT2D eigenvalue weighted by molar-refractivity contribution is -0.0361. The fourth-order valence-corrected chi connectivity index (χ4v) is 3.14. The minimum absolute atomic E-state index is 0.0908. The van der Waals surface area contributed by atoms with E-state index in [1.54, 1.807) is 29.9 Å². The summed E-state index contributed by atoms with van der Waals surface area (Å²) in [7, 11) is 0. The minimum Gasteiger partial charge on any atom is -0.442 e. The minimum atomic E-state index is -2.59. The number of halogens is 2. The van der Waals surface area contributed by atoms with E-state index in [2.05, 4.69) is 15.4 Å². The maximum Gasteiger partial charge on any atom is 0.405 e. The number of pyridine rings is 1. The van der Waals surface area contributed by atoms with Crippen molar-refractivity contribution in [2.24, 2.45) is 5.73 Å². The van der Waals surface area contributed by atoms with Gasteiger partial charge in [-0.2, -0.15) is 5.10 Å². The van der Waals surface area contributed by atoms with E-state index >= 15 is 0 Å². The van der Waals surface area contributed by atoms with Gasteiger partial charge in [0.05, 0.1) is 5.69 Å². The number of aromatic nitrogens is 3. The van der Waals surface area contributed by atoms with Crippen LogP contribution in [0.3, 0.4) is 0 Å². The molecule has 3 rings (SSSR count). The summed E-state index contributed by atoms with van der Waals surface area (Å²) in [6.45, 7) is 3.56. The highest BCUT2D eigenvalue weighted by Gasteiger charge is 2.35. The predicted octanol–water partition coefficient (Wildman–Crippen LogP) is 3.72. The number of alkyl halides is 2. The molecule has 0 bridgehead atoms. The summed E-state index contributed by atoms with van der Waals surface area (Å²) in [6.07, 6.45) is 0.752. The number of nitrogens with two attached hydrogens (primary N) is 1. The molecule has 9 heteroatoms. The Balaban J connectivity index is 1.86. The second-order valence-corrected chi connectivity index (χ2v) is 6.90. The number of hydrogen-bond acceptors (Lipinski definition) is 5. The molecular weight excluding hydrogens is 356 g/mol. The number of rotatable bonds is 5. The van der Waals surface area contributed by atoms with Gasteiger partial charge in [0, 0.05) is 25.1 Å². The number of carbonyl (C=O) groups excluding carboxylic acids is 1. The summed E-state index contributed by atoms with van der Waals surface area (Å²) in [6, 6.07) is 5.24. The third kappa shape index (κ3) is 4.93. The second-order valence-electron chi connectivity index (χ2n) is 6.90. The van der Waals surface area contributed by atoms with Crippen molar-refractivity contribution >= 4 is 11.9 Å². The first-order valence-corrected chi connectivity index (χ1v) is 8.87. The standard InChI is InChI=1S/C18H23F2N5O2/c1-11-5-8-25(24-11)16-10-13(12(2)27-17(21)26)9-15(23-16)22-14-3-6-18(19,20)7-4-14/h5,8-10,12,14H,3-4,6-7H2,1-2H3,(H2,21,26)(H,22,23). The predicted molar refractivity (Wildman–Crippen MR) is 96.0 cm³/mol. The van der Waals surface area contributed by atoms with Crippen molar-refractivity contribution in [2.45, 2.75) is 57.6 Å². The maximum absolute atomic E-state index is 13.4. The number of nitrogens with zero attached hydrogens (tertiary/aromatic N) is 3. The van der Waals surface area contributed by atoms with Gasteiger partial charge in [-0.15, -0.1) is 0 Å². The molecule has 2 aromatic rings. The SMILES string of the molecule is Cc1ccn(-c2cc(C(C)OC(N)=O)cc(NC3CCC(F)(F)CC3)n2)n1. The van der Waals surface area contributed by atoms with Crippen LogP contribution in [0.1, 0.15) is 50.0 Å². The largest absolute Gasteiger partial charge is 0.442 e. The summed E-state index contributed by atoms with van der Waals surface area (Å²) in [5.41, 5.74) is 6.62. The smallest absolute Gasteiger partial charge is 0.405 e. The molecule has 1 aliphatic rings. The van der Waals surface area contributed by atoms with Gasteiger partial charge in [0.25, 0.3) is 0 Å². The van der Waals surface area contributed by atoms with Gasteiger partial charge >= 0.3 is 6.09 Å². The van der Waals surface area contributed by atoms with Gasteiger partial charge in [-0.3, -0.25) is 0 Å². The van der Waals surface area contributed by atoms with E-state index in [9.17, 15) is 13.6 Å². The first kappa shape index (κ1) is 19.1. The van der Waals surface area contributed by atoms with Crippen LogP contribution in [0.25, 0.3) is 5.82 Å². The van der Waals surface area contributed by atoms with Gasteiger partial charge in [-0.25, -0.2) is 23.2 Å². The molecule has 0 radical (unpaired) electrons. The average Bonchev–Trinajstić information content (AvgIpc) is 3.02. The lowest BCUT2D eigenvalue weighted by atomic mass is 9.92. The molecule has 146 valence electrons. The third-order valence-electron chi connectivity index (χ3n) is 4.62. The molecule has 2 aromatic heterocycles. The number of primary amides is 1. The van der Waals surface area contributed by atoms with Gasteiger partial charge in [0.2, 0.25) is 5.92 Å². The third-order valence-corrected chi connectivity index (χ3v) is 4.62. The lowest BCUT2D eigenvalue weighted by Gasteiger charge is -2.29. The average molecular weight is 379 g/mol. The fourth-order valence-electron chi connectivity index (χ4n) is 3.14. The zero-order chi connectivity index (χ0) is 19.6. The Morgan fingerprint density at radius 3 is 2.70 bits per heavy atom. The molecule has 2 heterocycles. The van der Waals surface area contributed by atoms with E-state index in [0.717, 1.165) is 5.69 Å². The molecule has 0 saturated heterocycles. The van der Waals surface area contributed by atoms with Crippen molar-refractivity contribution in [2.75, 3.05) is 5.32 Å². The molecule has 7 nitrogen and oxygen atoms in total. The Morgan fingerprint density at radius 1 is 1.41 bits per heavy atom. The van der Waals surface area contributed by atoms with Crippen molar-refractivity contribution < 1.29 is 18.3 Å². The number of carbonyl (C=O) groups is 1. The number of anilines is 1. The molecule has 0 spiro atoms. The van der Waals surface area contributed by atoms with Gasteiger partial charge < -0.3 is 15.8 Å². The number of aryl methyl sites for hydroxylation is 1. The van der Waals surface area contributed by atoms with Crippen LogP contribution in [-0.2, 0) is 4.74 Å². The highest BCUT2D eigenvalue weighted by Crippen LogP contribution is 2.34. The highest BCUT2D eigenvalue weighted by atomic mass is 19.3. The van der Waals surface area contributed by atoms with E-state index in [0.29, 0.717) is 30.0 Å². The molecule has 0 aliphatic heterocycles. The van der Waals surface area contributed by atoms with Gasteiger partial charge in [0.1, 0.15) is 11.9 Å². The first-order valence-electron chi connectivity index (χ1n) is 8.87. The van der Waals surface area contributed by atoms with Gasteiger partial charge in [0.15, 0.2) is 5.82 Å². The highest BCUT2D eigenvalue weighted by molar-refractivity contribution is 5.65. The first-order chi connectivity index (χ1) is 12.7. The molecule has 1 saturated carbocycles. The second kappa shape index (κ2) is 7.50. The van der Waals surface area contributed by atoms with Crippen LogP contribution in [0.15, 0.2) is 24.4 Å². The Labute approximate surface area is 155 Å². The molecule has 1 unspecified atom stereocenters. The fraction of sp³-hybridized carbons (Fsp3) is 0.500. The van der Waals surface area contributed by atoms with Crippen LogP contribution < -0.4 is 11.1 Å². The zero-order valence-corrected chi connectivity index (χ0v) is 15.3. The van der Waals surface area contributed by atoms with Crippen LogP contribution >= 0.6 is 0 Å². The molecule has 3 N–H and O–H groups in total. The summed E-state index contributed by atoms with van der Waals surface area (Å²) >= 11 is 0. The summed E-state index contributed by atoms with van der Waals surface area (Å²) < 4.78 is 33.4. The van der Waals surface area contributed by atoms with E-state index in [1.807, 2.05) is 13.0 Å². The van der Waals surface area contributed by atoms with Crippen molar-refractivity contribution in [3.63, 3.8) is 0 Å². The summed E-state index contributed by atoms with van der Waals surface area (Å²) in [4.78, 5) is 15.6. The number of ether oxygens (including phenoxy) is 1. The topological polar surface area (TPSA) is 95.1 Å². The Morgan fingerprint density at radius 2 is 2.11 bits per heavy atom. The molecule has 27 heavy (non-hydrogen) atoms. The number of nitrogens with one attached hydrogen (secondary N) is 1. The molecule has 0 aromatic carbocycles. The monoisotopic (exact) mass is 379 g/mol. The van der Waals surface area contributed by atoms with Crippen LogP contribution in [0.4, 0.5) is 19.4 Å². The summed E-state index contributed by atoms with van der Waals surface area (Å²) in [5.74, 6) is -1.54. The molecule has 1 aliphatic carbocycles. The van der Waals surface area contributed by atoms with E-state index in [4.69, 9.17) is 10.5 Å². The maximum atomic E-state index is 13.4. The molecule has 1 fully saturated rings. The Hall–Kier alpha value is -2.71. The van der Waals surface area contributed by atoms with Crippen LogP contribution in [0, 0.1) is 6.92 Å². The van der Waals surface area contributed by atoms with Crippen LogP contribution in [-0.4, -0.2) is 32.8 Å². The molecule has 1 amide bonds. The van der Waals surface area contributed by atoms with Crippen LogP contribution in [0.5, 0.6) is 0 Å². The zero-order valence-electron chi connectivity index (χ0n) is 15.3. The van der Waals surface area contributed by atoms with Crippen molar-refractivity contribution in [1.29, 1.82) is 0 Å². The van der Waals surface area contributed by atoms with Crippen molar-refractivity contribution in [3.05, 3.63) is 35.7 Å². The van der Waals surface area contributed by atoms with Crippen molar-refractivity contribution in [3.8, 4) is 5.82 Å². The van der Waals surface area contributed by atoms with E-state index in [1.165, 1.54) is 0 Å². The van der Waals surface area contributed by atoms with Crippen molar-refractivity contribution in [1.82, 2.24) is 14.8 Å².